The Balaban J connectivity index is 1.72. The maximum Gasteiger partial charge on any atom is 0.237 e. The lowest BCUT2D eigenvalue weighted by atomic mass is 10.2. The number of carbonyl (C=O) groups is 1. The molecule has 1 aliphatic heterocycles. The van der Waals surface area contributed by atoms with Gasteiger partial charge in [0.1, 0.15) is 5.75 Å². The summed E-state index contributed by atoms with van der Waals surface area (Å²) < 4.78 is 5.64. The van der Waals surface area contributed by atoms with E-state index in [9.17, 15) is 4.79 Å². The standard InChI is InChI=1S/C14H21N3O2/c1-11-14(18)16-7-9-17(11)8-4-10-19-13-6-3-2-5-12(13)15/h2-3,5-6,11H,4,7-10,15H2,1H3,(H,16,18). The van der Waals surface area contributed by atoms with Gasteiger partial charge in [0.05, 0.1) is 18.3 Å². The molecule has 0 saturated carbocycles. The van der Waals surface area contributed by atoms with Crippen LogP contribution in [0, 0.1) is 0 Å². The number of nitrogens with two attached hydrogens (primary N) is 1. The second-order valence-corrected chi connectivity index (χ2v) is 4.74. The van der Waals surface area contributed by atoms with Crippen LogP contribution in [0.1, 0.15) is 13.3 Å². The lowest BCUT2D eigenvalue weighted by Crippen LogP contribution is -2.54. The monoisotopic (exact) mass is 263 g/mol. The summed E-state index contributed by atoms with van der Waals surface area (Å²) in [5.74, 6) is 0.839. The van der Waals surface area contributed by atoms with E-state index in [4.69, 9.17) is 10.5 Å². The number of nitrogens with zero attached hydrogens (tertiary/aromatic N) is 1. The molecule has 1 heterocycles. The van der Waals surface area contributed by atoms with Gasteiger partial charge in [-0.05, 0) is 25.5 Å². The van der Waals surface area contributed by atoms with Gasteiger partial charge in [0.15, 0.2) is 0 Å². The molecule has 1 aromatic carbocycles. The van der Waals surface area contributed by atoms with Gasteiger partial charge in [-0.1, -0.05) is 12.1 Å². The minimum Gasteiger partial charge on any atom is -0.491 e. The van der Waals surface area contributed by atoms with Crippen LogP contribution in [0.4, 0.5) is 5.69 Å². The van der Waals surface area contributed by atoms with E-state index in [0.717, 1.165) is 31.8 Å². The number of rotatable bonds is 5. The number of piperazine rings is 1. The molecule has 5 heteroatoms. The van der Waals surface area contributed by atoms with Gasteiger partial charge in [-0.25, -0.2) is 0 Å². The molecule has 1 fully saturated rings. The number of carbonyl (C=O) groups excluding carboxylic acids is 1. The van der Waals surface area contributed by atoms with Crippen molar-refractivity contribution in [2.75, 3.05) is 32.0 Å². The minimum atomic E-state index is -0.0458. The van der Waals surface area contributed by atoms with Crippen LogP contribution in [-0.4, -0.2) is 43.1 Å². The molecule has 3 N–H and O–H groups in total. The molecular weight excluding hydrogens is 242 g/mol. The van der Waals surface area contributed by atoms with Gasteiger partial charge in [0.2, 0.25) is 5.91 Å². The SMILES string of the molecule is CC1C(=O)NCCN1CCCOc1ccccc1N. The first kappa shape index (κ1) is 13.7. The van der Waals surface area contributed by atoms with Crippen LogP contribution < -0.4 is 15.8 Å². The van der Waals surface area contributed by atoms with E-state index >= 15 is 0 Å². The summed E-state index contributed by atoms with van der Waals surface area (Å²) in [5.41, 5.74) is 6.46. The van der Waals surface area contributed by atoms with Crippen molar-refractivity contribution >= 4 is 11.6 Å². The van der Waals surface area contributed by atoms with Crippen LogP contribution in [0.15, 0.2) is 24.3 Å². The van der Waals surface area contributed by atoms with Crippen LogP contribution in [0.3, 0.4) is 0 Å². The third-order valence-corrected chi connectivity index (χ3v) is 3.39. The fourth-order valence-corrected chi connectivity index (χ4v) is 2.20. The number of ether oxygens (including phenoxy) is 1. The van der Waals surface area contributed by atoms with Crippen LogP contribution in [0.25, 0.3) is 0 Å². The van der Waals surface area contributed by atoms with Crippen molar-refractivity contribution in [3.63, 3.8) is 0 Å². The summed E-state index contributed by atoms with van der Waals surface area (Å²) in [4.78, 5) is 13.7. The lowest BCUT2D eigenvalue weighted by molar-refractivity contribution is -0.128. The van der Waals surface area contributed by atoms with E-state index in [0.29, 0.717) is 12.3 Å². The molecule has 2 rings (SSSR count). The number of amides is 1. The fraction of sp³-hybridized carbons (Fsp3) is 0.500. The van der Waals surface area contributed by atoms with Crippen molar-refractivity contribution in [1.29, 1.82) is 0 Å². The van der Waals surface area contributed by atoms with Gasteiger partial charge in [-0.15, -0.1) is 0 Å². The first-order valence-electron chi connectivity index (χ1n) is 6.67. The normalized spacial score (nSPS) is 20.1. The molecule has 1 aliphatic rings. The van der Waals surface area contributed by atoms with Crippen molar-refractivity contribution in [2.45, 2.75) is 19.4 Å². The molecule has 1 atom stereocenters. The maximum absolute atomic E-state index is 11.5. The van der Waals surface area contributed by atoms with Crippen LogP contribution in [0.2, 0.25) is 0 Å². The molecule has 104 valence electrons. The number of hydrogen-bond acceptors (Lipinski definition) is 4. The van der Waals surface area contributed by atoms with Gasteiger partial charge >= 0.3 is 0 Å². The van der Waals surface area contributed by atoms with Gasteiger partial charge in [0.25, 0.3) is 0 Å². The Morgan fingerprint density at radius 1 is 1.47 bits per heavy atom. The molecule has 1 unspecified atom stereocenters. The topological polar surface area (TPSA) is 67.6 Å². The molecule has 0 aliphatic carbocycles. The zero-order chi connectivity index (χ0) is 13.7. The quantitative estimate of drug-likeness (QED) is 0.611. The predicted molar refractivity (Wildman–Crippen MR) is 75.0 cm³/mol. The van der Waals surface area contributed by atoms with Gasteiger partial charge < -0.3 is 15.8 Å². The average Bonchev–Trinajstić information content (AvgIpc) is 2.41. The number of para-hydroxylation sites is 2. The van der Waals surface area contributed by atoms with Crippen LogP contribution >= 0.6 is 0 Å². The molecule has 5 nitrogen and oxygen atoms in total. The third kappa shape index (κ3) is 3.61. The zero-order valence-corrected chi connectivity index (χ0v) is 11.3. The maximum atomic E-state index is 11.5. The van der Waals surface area contributed by atoms with Crippen molar-refractivity contribution in [1.82, 2.24) is 10.2 Å². The highest BCUT2D eigenvalue weighted by atomic mass is 16.5. The first-order valence-corrected chi connectivity index (χ1v) is 6.67. The van der Waals surface area contributed by atoms with E-state index in [-0.39, 0.29) is 11.9 Å². The summed E-state index contributed by atoms with van der Waals surface area (Å²) >= 11 is 0. The smallest absolute Gasteiger partial charge is 0.237 e. The third-order valence-electron chi connectivity index (χ3n) is 3.39. The number of benzene rings is 1. The summed E-state index contributed by atoms with van der Waals surface area (Å²) in [5, 5.41) is 2.86. The van der Waals surface area contributed by atoms with E-state index < -0.39 is 0 Å². The lowest BCUT2D eigenvalue weighted by Gasteiger charge is -2.32. The molecule has 0 radical (unpaired) electrons. The highest BCUT2D eigenvalue weighted by molar-refractivity contribution is 5.81. The Kier molecular flexibility index (Phi) is 4.63. The van der Waals surface area contributed by atoms with E-state index in [1.54, 1.807) is 0 Å². The Hall–Kier alpha value is -1.75. The Labute approximate surface area is 113 Å². The molecule has 0 aromatic heterocycles. The Morgan fingerprint density at radius 2 is 2.26 bits per heavy atom. The van der Waals surface area contributed by atoms with E-state index in [2.05, 4.69) is 10.2 Å². The second-order valence-electron chi connectivity index (χ2n) is 4.74. The molecule has 1 amide bonds. The summed E-state index contributed by atoms with van der Waals surface area (Å²) in [7, 11) is 0. The Bertz CT molecular complexity index is 436. The molecular formula is C14H21N3O2. The fourth-order valence-electron chi connectivity index (χ4n) is 2.20. The molecule has 1 aromatic rings. The highest BCUT2D eigenvalue weighted by Crippen LogP contribution is 2.19. The molecule has 19 heavy (non-hydrogen) atoms. The molecule has 0 bridgehead atoms. The number of anilines is 1. The number of hydrogen-bond donors (Lipinski definition) is 2. The summed E-state index contributed by atoms with van der Waals surface area (Å²) in [6.45, 7) is 5.04. The van der Waals surface area contributed by atoms with Crippen molar-refractivity contribution < 1.29 is 9.53 Å². The predicted octanol–water partition coefficient (Wildman–Crippen LogP) is 0.858. The zero-order valence-electron chi connectivity index (χ0n) is 11.3. The first-order chi connectivity index (χ1) is 9.18. The van der Waals surface area contributed by atoms with Gasteiger partial charge in [-0.3, -0.25) is 9.69 Å². The summed E-state index contributed by atoms with van der Waals surface area (Å²) in [6.07, 6.45) is 0.881. The largest absolute Gasteiger partial charge is 0.491 e. The van der Waals surface area contributed by atoms with Crippen LogP contribution in [0.5, 0.6) is 5.75 Å². The van der Waals surface area contributed by atoms with Crippen LogP contribution in [-0.2, 0) is 4.79 Å². The summed E-state index contributed by atoms with van der Waals surface area (Å²) in [6, 6.07) is 7.44. The molecule has 1 saturated heterocycles. The van der Waals surface area contributed by atoms with E-state index in [1.165, 1.54) is 0 Å². The van der Waals surface area contributed by atoms with Gasteiger partial charge in [0, 0.05) is 19.6 Å². The van der Waals surface area contributed by atoms with Gasteiger partial charge in [-0.2, -0.15) is 0 Å². The van der Waals surface area contributed by atoms with E-state index in [1.807, 2.05) is 31.2 Å². The van der Waals surface area contributed by atoms with Crippen molar-refractivity contribution in [3.8, 4) is 5.75 Å². The second kappa shape index (κ2) is 6.43. The number of nitrogens with one attached hydrogen (secondary N) is 1. The highest BCUT2D eigenvalue weighted by Gasteiger charge is 2.24. The average molecular weight is 263 g/mol. The molecule has 0 spiro atoms. The van der Waals surface area contributed by atoms with Crippen molar-refractivity contribution in [2.24, 2.45) is 0 Å². The minimum absolute atomic E-state index is 0.0458. The number of nitrogen functional groups attached to an aromatic ring is 1. The Morgan fingerprint density at radius 3 is 3.05 bits per heavy atom. The van der Waals surface area contributed by atoms with Crippen molar-refractivity contribution in [3.05, 3.63) is 24.3 Å².